The van der Waals surface area contributed by atoms with Crippen molar-refractivity contribution in [3.8, 4) is 0 Å². The van der Waals surface area contributed by atoms with E-state index in [9.17, 15) is 18.0 Å². The molecule has 176 valence electrons. The Morgan fingerprint density at radius 1 is 1.00 bits per heavy atom. The third kappa shape index (κ3) is 5.57. The van der Waals surface area contributed by atoms with Crippen LogP contribution in [0.4, 0.5) is 5.69 Å². The minimum Gasteiger partial charge on any atom is -0.354 e. The number of carbonyl (C=O) groups excluding carboxylic acids is 2. The van der Waals surface area contributed by atoms with Crippen molar-refractivity contribution < 1.29 is 18.0 Å². The number of hydrogen-bond donors (Lipinski definition) is 1. The van der Waals surface area contributed by atoms with Crippen LogP contribution in [-0.2, 0) is 32.5 Å². The zero-order chi connectivity index (χ0) is 23.4. The van der Waals surface area contributed by atoms with Gasteiger partial charge in [0.1, 0.15) is 6.54 Å². The van der Waals surface area contributed by atoms with Gasteiger partial charge in [0, 0.05) is 36.8 Å². The molecule has 0 unspecified atom stereocenters. The van der Waals surface area contributed by atoms with Crippen LogP contribution in [0.3, 0.4) is 0 Å². The lowest BCUT2D eigenvalue weighted by Gasteiger charge is -2.23. The molecule has 2 aromatic carbocycles. The third-order valence-electron chi connectivity index (χ3n) is 6.13. The van der Waals surface area contributed by atoms with Gasteiger partial charge in [-0.25, -0.2) is 8.42 Å². The summed E-state index contributed by atoms with van der Waals surface area (Å²) in [6, 6.07) is 12.3. The van der Waals surface area contributed by atoms with E-state index in [2.05, 4.69) is 5.32 Å². The van der Waals surface area contributed by atoms with Crippen LogP contribution in [0.25, 0.3) is 0 Å². The van der Waals surface area contributed by atoms with Crippen molar-refractivity contribution in [3.05, 3.63) is 58.6 Å². The predicted molar refractivity (Wildman–Crippen MR) is 128 cm³/mol. The lowest BCUT2D eigenvalue weighted by molar-refractivity contribution is -0.123. The Bertz CT molecular complexity index is 1130. The van der Waals surface area contributed by atoms with Gasteiger partial charge in [0.25, 0.3) is 0 Å². The van der Waals surface area contributed by atoms with Gasteiger partial charge >= 0.3 is 0 Å². The molecule has 0 aromatic heterocycles. The Hall–Kier alpha value is -2.42. The third-order valence-corrected chi connectivity index (χ3v) is 8.28. The maximum atomic E-state index is 13.0. The Balaban J connectivity index is 1.45. The second kappa shape index (κ2) is 10.2. The van der Waals surface area contributed by atoms with Crippen LogP contribution in [0.1, 0.15) is 36.8 Å². The molecule has 1 saturated heterocycles. The van der Waals surface area contributed by atoms with Crippen LogP contribution < -0.4 is 10.2 Å². The van der Waals surface area contributed by atoms with E-state index in [4.69, 9.17) is 11.6 Å². The van der Waals surface area contributed by atoms with Gasteiger partial charge in [-0.2, -0.15) is 4.31 Å². The van der Waals surface area contributed by atoms with E-state index in [1.165, 1.54) is 9.21 Å². The summed E-state index contributed by atoms with van der Waals surface area (Å²) < 4.78 is 27.4. The average Bonchev–Trinajstić information content (AvgIpc) is 3.30. The smallest absolute Gasteiger partial charge is 0.243 e. The van der Waals surface area contributed by atoms with E-state index >= 15 is 0 Å². The molecule has 0 atom stereocenters. The van der Waals surface area contributed by atoms with Crippen molar-refractivity contribution >= 4 is 39.1 Å². The number of hydrogen-bond acceptors (Lipinski definition) is 4. The van der Waals surface area contributed by atoms with Crippen molar-refractivity contribution in [2.75, 3.05) is 31.1 Å². The monoisotopic (exact) mass is 489 g/mol. The first-order valence-corrected chi connectivity index (χ1v) is 13.1. The Labute approximate surface area is 199 Å². The fourth-order valence-electron chi connectivity index (χ4n) is 4.33. The summed E-state index contributed by atoms with van der Waals surface area (Å²) >= 11 is 5.90. The highest BCUT2D eigenvalue weighted by atomic mass is 35.5. The molecular weight excluding hydrogens is 462 g/mol. The summed E-state index contributed by atoms with van der Waals surface area (Å²) in [6.07, 6.45) is 3.94. The first-order valence-electron chi connectivity index (χ1n) is 11.3. The molecule has 2 aromatic rings. The van der Waals surface area contributed by atoms with Crippen molar-refractivity contribution in [2.24, 2.45) is 0 Å². The highest BCUT2D eigenvalue weighted by molar-refractivity contribution is 7.89. The fraction of sp³-hybridized carbons (Fsp3) is 0.417. The molecule has 2 aliphatic rings. The number of aryl methyl sites for hydroxylation is 1. The lowest BCUT2D eigenvalue weighted by Crippen LogP contribution is -2.41. The molecule has 9 heteroatoms. The van der Waals surface area contributed by atoms with Gasteiger partial charge in [-0.3, -0.25) is 9.59 Å². The number of anilines is 1. The summed E-state index contributed by atoms with van der Waals surface area (Å²) in [6.45, 7) is 1.44. The molecule has 1 N–H and O–H groups in total. The molecule has 1 fully saturated rings. The molecule has 0 saturated carbocycles. The summed E-state index contributed by atoms with van der Waals surface area (Å²) in [7, 11) is -3.54. The molecule has 0 spiro atoms. The second-order valence-electron chi connectivity index (χ2n) is 8.46. The van der Waals surface area contributed by atoms with Crippen LogP contribution in [0.2, 0.25) is 5.02 Å². The SMILES string of the molecule is O=C(CN1C(=O)CCCc2cc(S(=O)(=O)N3CCCC3)ccc21)NCCc1ccc(Cl)cc1. The van der Waals surface area contributed by atoms with Gasteiger partial charge in [0.2, 0.25) is 21.8 Å². The van der Waals surface area contributed by atoms with Crippen molar-refractivity contribution in [3.63, 3.8) is 0 Å². The molecule has 0 radical (unpaired) electrons. The highest BCUT2D eigenvalue weighted by Gasteiger charge is 2.30. The maximum Gasteiger partial charge on any atom is 0.243 e. The highest BCUT2D eigenvalue weighted by Crippen LogP contribution is 2.31. The zero-order valence-electron chi connectivity index (χ0n) is 18.4. The molecular formula is C24H28ClN3O4S. The first kappa shape index (κ1) is 23.7. The molecule has 7 nitrogen and oxygen atoms in total. The number of fused-ring (bicyclic) bond motifs is 1. The number of rotatable bonds is 7. The van der Waals surface area contributed by atoms with E-state index in [1.807, 2.05) is 24.3 Å². The zero-order valence-corrected chi connectivity index (χ0v) is 20.0. The number of halogens is 1. The molecule has 2 heterocycles. The Kier molecular flexibility index (Phi) is 7.36. The van der Waals surface area contributed by atoms with Crippen LogP contribution in [-0.4, -0.2) is 50.7 Å². The van der Waals surface area contributed by atoms with Crippen LogP contribution in [0.15, 0.2) is 47.4 Å². The van der Waals surface area contributed by atoms with Crippen molar-refractivity contribution in [1.82, 2.24) is 9.62 Å². The fourth-order valence-corrected chi connectivity index (χ4v) is 6.03. The number of carbonyl (C=O) groups is 2. The minimum absolute atomic E-state index is 0.0926. The molecule has 2 amide bonds. The van der Waals surface area contributed by atoms with E-state index < -0.39 is 10.0 Å². The summed E-state index contributed by atoms with van der Waals surface area (Å²) in [5.41, 5.74) is 2.46. The van der Waals surface area contributed by atoms with Crippen LogP contribution >= 0.6 is 11.6 Å². The largest absolute Gasteiger partial charge is 0.354 e. The van der Waals surface area contributed by atoms with Crippen molar-refractivity contribution in [2.45, 2.75) is 43.4 Å². The summed E-state index contributed by atoms with van der Waals surface area (Å²) in [4.78, 5) is 27.1. The molecule has 2 aliphatic heterocycles. The Morgan fingerprint density at radius 2 is 1.73 bits per heavy atom. The quantitative estimate of drug-likeness (QED) is 0.647. The number of benzene rings is 2. The van der Waals surface area contributed by atoms with Gasteiger partial charge in [-0.15, -0.1) is 0 Å². The van der Waals surface area contributed by atoms with E-state index in [-0.39, 0.29) is 23.3 Å². The van der Waals surface area contributed by atoms with Crippen molar-refractivity contribution in [1.29, 1.82) is 0 Å². The molecule has 33 heavy (non-hydrogen) atoms. The Morgan fingerprint density at radius 3 is 2.45 bits per heavy atom. The van der Waals surface area contributed by atoms with Gasteiger partial charge in [0.15, 0.2) is 0 Å². The first-order chi connectivity index (χ1) is 15.8. The van der Waals surface area contributed by atoms with Crippen LogP contribution in [0.5, 0.6) is 0 Å². The number of sulfonamides is 1. The average molecular weight is 490 g/mol. The van der Waals surface area contributed by atoms with Gasteiger partial charge in [-0.05, 0) is 73.6 Å². The standard InChI is InChI=1S/C24H28ClN3O4S/c25-20-8-6-18(7-9-20)12-13-26-23(29)17-28-22-11-10-21(16-19(22)4-3-5-24(28)30)33(31,32)27-14-1-2-15-27/h6-11,16H,1-5,12-15,17H2,(H,26,29). The summed E-state index contributed by atoms with van der Waals surface area (Å²) in [5, 5.41) is 3.53. The molecule has 4 rings (SSSR count). The van der Waals surface area contributed by atoms with Gasteiger partial charge in [-0.1, -0.05) is 23.7 Å². The molecule has 0 bridgehead atoms. The number of nitrogens with zero attached hydrogens (tertiary/aromatic N) is 2. The second-order valence-corrected chi connectivity index (χ2v) is 10.8. The number of amides is 2. The number of nitrogens with one attached hydrogen (secondary N) is 1. The van der Waals surface area contributed by atoms with Gasteiger partial charge < -0.3 is 10.2 Å². The van der Waals surface area contributed by atoms with E-state index in [0.29, 0.717) is 56.0 Å². The minimum atomic E-state index is -3.54. The van der Waals surface area contributed by atoms with E-state index in [0.717, 1.165) is 24.0 Å². The van der Waals surface area contributed by atoms with Crippen LogP contribution in [0, 0.1) is 0 Å². The summed E-state index contributed by atoms with van der Waals surface area (Å²) in [5.74, 6) is -0.379. The van der Waals surface area contributed by atoms with E-state index in [1.54, 1.807) is 18.2 Å². The topological polar surface area (TPSA) is 86.8 Å². The lowest BCUT2D eigenvalue weighted by atomic mass is 10.1. The predicted octanol–water partition coefficient (Wildman–Crippen LogP) is 3.15. The van der Waals surface area contributed by atoms with Gasteiger partial charge in [0.05, 0.1) is 4.90 Å². The maximum absolute atomic E-state index is 13.0. The molecule has 0 aliphatic carbocycles. The normalized spacial score (nSPS) is 17.0.